The summed E-state index contributed by atoms with van der Waals surface area (Å²) in [6.45, 7) is 2.55. The van der Waals surface area contributed by atoms with Gasteiger partial charge in [0.25, 0.3) is 0 Å². The minimum atomic E-state index is -0.362. The quantitative estimate of drug-likeness (QED) is 0.578. The number of allylic oxidation sites excluding steroid dienone is 1. The van der Waals surface area contributed by atoms with Crippen LogP contribution in [0.2, 0.25) is 0 Å². The molecule has 3 rings (SSSR count). The van der Waals surface area contributed by atoms with Crippen LogP contribution in [0.15, 0.2) is 53.9 Å². The van der Waals surface area contributed by atoms with Gasteiger partial charge in [-0.2, -0.15) is 5.26 Å². The van der Waals surface area contributed by atoms with Crippen molar-refractivity contribution in [3.8, 4) is 23.1 Å². The number of ether oxygens (including phenoxy) is 1. The van der Waals surface area contributed by atoms with E-state index in [9.17, 15) is 9.65 Å². The molecule has 0 bridgehead atoms. The van der Waals surface area contributed by atoms with Crippen molar-refractivity contribution >= 4 is 23.0 Å². The third-order valence-corrected chi connectivity index (χ3v) is 4.40. The van der Waals surface area contributed by atoms with E-state index in [0.717, 1.165) is 17.0 Å². The summed E-state index contributed by atoms with van der Waals surface area (Å²) in [5.74, 6) is 0.442. The van der Waals surface area contributed by atoms with Crippen LogP contribution < -0.4 is 4.74 Å². The smallest absolute Gasteiger partial charge is 0.134 e. The summed E-state index contributed by atoms with van der Waals surface area (Å²) in [6, 6.07) is 16.1. The lowest BCUT2D eigenvalue weighted by Crippen LogP contribution is -1.90. The molecule has 2 aromatic carbocycles. The van der Waals surface area contributed by atoms with Crippen molar-refractivity contribution < 1.29 is 9.13 Å². The number of hydrogen-bond acceptors (Lipinski definition) is 4. The van der Waals surface area contributed by atoms with Gasteiger partial charge in [-0.05, 0) is 43.3 Å². The van der Waals surface area contributed by atoms with Crippen molar-refractivity contribution in [3.63, 3.8) is 0 Å². The summed E-state index contributed by atoms with van der Waals surface area (Å²) < 4.78 is 19.2. The molecule has 0 radical (unpaired) electrons. The van der Waals surface area contributed by atoms with Gasteiger partial charge in [-0.25, -0.2) is 9.37 Å². The van der Waals surface area contributed by atoms with Crippen molar-refractivity contribution in [2.75, 3.05) is 6.61 Å². The fourth-order valence-corrected chi connectivity index (χ4v) is 3.10. The van der Waals surface area contributed by atoms with Crippen LogP contribution in [0, 0.1) is 17.1 Å². The zero-order valence-electron chi connectivity index (χ0n) is 13.6. The van der Waals surface area contributed by atoms with Crippen molar-refractivity contribution in [3.05, 3.63) is 70.3 Å². The van der Waals surface area contributed by atoms with Gasteiger partial charge in [0.05, 0.1) is 17.9 Å². The van der Waals surface area contributed by atoms with Gasteiger partial charge in [0, 0.05) is 16.5 Å². The van der Waals surface area contributed by atoms with E-state index in [1.807, 2.05) is 36.6 Å². The molecule has 3 nitrogen and oxygen atoms in total. The van der Waals surface area contributed by atoms with E-state index in [1.165, 1.54) is 23.5 Å². The Morgan fingerprint density at radius 3 is 2.68 bits per heavy atom. The standard InChI is InChI=1S/C20H15FN2OS/c1-2-24-17-9-7-14(8-10-17)19-13-25-20(23-19)16(12-22)11-15-5-3-4-6-18(15)21/h3-11,13H,2H2,1H3. The number of halogens is 1. The van der Waals surface area contributed by atoms with Crippen LogP contribution in [0.5, 0.6) is 5.75 Å². The molecule has 0 aliphatic carbocycles. The van der Waals surface area contributed by atoms with Crippen molar-refractivity contribution in [2.45, 2.75) is 6.92 Å². The average molecular weight is 350 g/mol. The van der Waals surface area contributed by atoms with E-state index in [4.69, 9.17) is 4.74 Å². The second kappa shape index (κ2) is 7.73. The first-order chi connectivity index (χ1) is 12.2. The minimum Gasteiger partial charge on any atom is -0.494 e. The molecule has 1 aromatic heterocycles. The second-order valence-corrected chi connectivity index (χ2v) is 6.04. The van der Waals surface area contributed by atoms with E-state index >= 15 is 0 Å². The molecule has 0 spiro atoms. The molecular weight excluding hydrogens is 335 g/mol. The maximum atomic E-state index is 13.8. The SMILES string of the molecule is CCOc1ccc(-c2csc(C(C#N)=Cc3ccccc3F)n2)cc1. The van der Waals surface area contributed by atoms with Crippen LogP contribution in [-0.2, 0) is 0 Å². The number of aromatic nitrogens is 1. The molecule has 0 saturated carbocycles. The van der Waals surface area contributed by atoms with Gasteiger partial charge in [0.2, 0.25) is 0 Å². The number of nitriles is 1. The molecule has 0 saturated heterocycles. The highest BCUT2D eigenvalue weighted by Crippen LogP contribution is 2.28. The van der Waals surface area contributed by atoms with Crippen molar-refractivity contribution in [1.29, 1.82) is 5.26 Å². The molecule has 0 N–H and O–H groups in total. The fraction of sp³-hybridized carbons (Fsp3) is 0.100. The number of hydrogen-bond donors (Lipinski definition) is 0. The third kappa shape index (κ3) is 3.93. The van der Waals surface area contributed by atoms with Crippen LogP contribution >= 0.6 is 11.3 Å². The summed E-state index contributed by atoms with van der Waals surface area (Å²) in [7, 11) is 0. The van der Waals surface area contributed by atoms with Crippen LogP contribution in [0.25, 0.3) is 22.9 Å². The highest BCUT2D eigenvalue weighted by molar-refractivity contribution is 7.11. The van der Waals surface area contributed by atoms with Gasteiger partial charge in [-0.15, -0.1) is 11.3 Å². The molecule has 0 fully saturated rings. The van der Waals surface area contributed by atoms with Crippen LogP contribution in [-0.4, -0.2) is 11.6 Å². The minimum absolute atomic E-state index is 0.340. The number of rotatable bonds is 5. The van der Waals surface area contributed by atoms with Gasteiger partial charge in [-0.1, -0.05) is 18.2 Å². The zero-order chi connectivity index (χ0) is 17.6. The third-order valence-electron chi connectivity index (χ3n) is 3.52. The molecule has 0 aliphatic rings. The molecule has 25 heavy (non-hydrogen) atoms. The van der Waals surface area contributed by atoms with Gasteiger partial charge in [-0.3, -0.25) is 0 Å². The predicted octanol–water partition coefficient (Wildman–Crippen LogP) is 5.41. The van der Waals surface area contributed by atoms with Gasteiger partial charge in [0.15, 0.2) is 0 Å². The summed E-state index contributed by atoms with van der Waals surface area (Å²) in [5, 5.41) is 11.9. The number of benzene rings is 2. The zero-order valence-corrected chi connectivity index (χ0v) is 14.4. The molecule has 3 aromatic rings. The van der Waals surface area contributed by atoms with Crippen LogP contribution in [0.3, 0.4) is 0 Å². The van der Waals surface area contributed by atoms with Crippen LogP contribution in [0.4, 0.5) is 4.39 Å². The lowest BCUT2D eigenvalue weighted by molar-refractivity contribution is 0.340. The fourth-order valence-electron chi connectivity index (χ4n) is 2.31. The second-order valence-electron chi connectivity index (χ2n) is 5.19. The molecule has 0 unspecified atom stereocenters. The Labute approximate surface area is 149 Å². The lowest BCUT2D eigenvalue weighted by Gasteiger charge is -2.03. The first-order valence-electron chi connectivity index (χ1n) is 7.76. The Kier molecular flexibility index (Phi) is 5.22. The molecule has 124 valence electrons. The molecular formula is C20H15FN2OS. The van der Waals surface area contributed by atoms with Gasteiger partial charge < -0.3 is 4.74 Å². The number of nitrogens with zero attached hydrogens (tertiary/aromatic N) is 2. The molecule has 0 amide bonds. The Hall–Kier alpha value is -2.97. The van der Waals surface area contributed by atoms with E-state index in [1.54, 1.807) is 18.2 Å². The summed E-state index contributed by atoms with van der Waals surface area (Å²) in [4.78, 5) is 4.52. The van der Waals surface area contributed by atoms with Gasteiger partial charge in [0.1, 0.15) is 22.6 Å². The first-order valence-corrected chi connectivity index (χ1v) is 8.64. The molecule has 0 aliphatic heterocycles. The van der Waals surface area contributed by atoms with E-state index < -0.39 is 0 Å². The molecule has 5 heteroatoms. The largest absolute Gasteiger partial charge is 0.494 e. The predicted molar refractivity (Wildman–Crippen MR) is 98.6 cm³/mol. The maximum absolute atomic E-state index is 13.8. The summed E-state index contributed by atoms with van der Waals surface area (Å²) in [6.07, 6.45) is 1.52. The average Bonchev–Trinajstić information content (AvgIpc) is 3.12. The van der Waals surface area contributed by atoms with Gasteiger partial charge >= 0.3 is 0 Å². The highest BCUT2D eigenvalue weighted by Gasteiger charge is 2.10. The summed E-state index contributed by atoms with van der Waals surface area (Å²) in [5.41, 5.74) is 2.43. The Morgan fingerprint density at radius 1 is 1.24 bits per heavy atom. The Morgan fingerprint density at radius 2 is 2.00 bits per heavy atom. The van der Waals surface area contributed by atoms with Crippen molar-refractivity contribution in [1.82, 2.24) is 4.98 Å². The number of thiazole rings is 1. The van der Waals surface area contributed by atoms with Crippen LogP contribution in [0.1, 0.15) is 17.5 Å². The highest BCUT2D eigenvalue weighted by atomic mass is 32.1. The lowest BCUT2D eigenvalue weighted by atomic mass is 10.1. The Balaban J connectivity index is 1.89. The molecule has 1 heterocycles. The molecule has 0 atom stereocenters. The topological polar surface area (TPSA) is 45.9 Å². The maximum Gasteiger partial charge on any atom is 0.134 e. The van der Waals surface area contributed by atoms with E-state index in [2.05, 4.69) is 11.1 Å². The summed E-state index contributed by atoms with van der Waals surface area (Å²) >= 11 is 1.36. The first kappa shape index (κ1) is 16.9. The van der Waals surface area contributed by atoms with Crippen molar-refractivity contribution in [2.24, 2.45) is 0 Å². The monoisotopic (exact) mass is 350 g/mol. The normalized spacial score (nSPS) is 11.2. The van der Waals surface area contributed by atoms with E-state index in [0.29, 0.717) is 22.8 Å². The Bertz CT molecular complexity index is 939. The van der Waals surface area contributed by atoms with E-state index in [-0.39, 0.29) is 5.82 Å².